The number of rotatable bonds is 6. The summed E-state index contributed by atoms with van der Waals surface area (Å²) in [6.45, 7) is 16.1. The molecule has 0 aromatic heterocycles. The van der Waals surface area contributed by atoms with Gasteiger partial charge in [0.15, 0.2) is 0 Å². The summed E-state index contributed by atoms with van der Waals surface area (Å²) >= 11 is 0. The minimum absolute atomic E-state index is 0.234. The number of nitrogens with zero attached hydrogens (tertiary/aromatic N) is 1. The van der Waals surface area contributed by atoms with E-state index in [1.54, 1.807) is 0 Å². The molecule has 0 saturated carbocycles. The Bertz CT molecular complexity index is 235. The van der Waals surface area contributed by atoms with Crippen LogP contribution in [0.15, 0.2) is 0 Å². The number of aliphatic hydroxyl groups excluding tert-OH is 1. The summed E-state index contributed by atoms with van der Waals surface area (Å²) in [6, 6.07) is 0. The van der Waals surface area contributed by atoms with Crippen LogP contribution in [0.1, 0.15) is 41.0 Å². The third kappa shape index (κ3) is 5.68. The number of aliphatic hydroxyl groups is 1. The van der Waals surface area contributed by atoms with Crippen molar-refractivity contribution < 1.29 is 5.11 Å². The summed E-state index contributed by atoms with van der Waals surface area (Å²) in [5, 5.41) is 13.3. The molecule has 3 heteroatoms. The number of nitrogens with one attached hydrogen (secondary N) is 1. The van der Waals surface area contributed by atoms with E-state index < -0.39 is 0 Å². The van der Waals surface area contributed by atoms with E-state index >= 15 is 0 Å². The van der Waals surface area contributed by atoms with Crippen LogP contribution >= 0.6 is 0 Å². The van der Waals surface area contributed by atoms with Gasteiger partial charge in [-0.1, -0.05) is 34.6 Å². The van der Waals surface area contributed by atoms with E-state index in [1.165, 1.54) is 6.42 Å². The fourth-order valence-electron chi connectivity index (χ4n) is 2.61. The molecular formula is C15H32N2O. The van der Waals surface area contributed by atoms with Crippen LogP contribution in [0.5, 0.6) is 0 Å². The summed E-state index contributed by atoms with van der Waals surface area (Å²) < 4.78 is 0. The first-order valence-electron chi connectivity index (χ1n) is 7.40. The van der Waals surface area contributed by atoms with Crippen molar-refractivity contribution in [2.24, 2.45) is 17.3 Å². The zero-order valence-electron chi connectivity index (χ0n) is 12.9. The minimum atomic E-state index is -0.234. The first kappa shape index (κ1) is 15.9. The van der Waals surface area contributed by atoms with Gasteiger partial charge in [0.05, 0.1) is 6.10 Å². The maximum absolute atomic E-state index is 10.0. The third-order valence-corrected chi connectivity index (χ3v) is 3.90. The predicted molar refractivity (Wildman–Crippen MR) is 77.7 cm³/mol. The molecule has 1 fully saturated rings. The summed E-state index contributed by atoms with van der Waals surface area (Å²) in [7, 11) is 0. The van der Waals surface area contributed by atoms with Gasteiger partial charge in [-0.3, -0.25) is 0 Å². The number of β-amino-alcohol motifs (C(OH)–C–C–N with tert-alkyl or cyclic N) is 1. The average molecular weight is 256 g/mol. The molecule has 0 aliphatic carbocycles. The van der Waals surface area contributed by atoms with Crippen LogP contribution in [0.25, 0.3) is 0 Å². The molecule has 2 unspecified atom stereocenters. The van der Waals surface area contributed by atoms with E-state index in [-0.39, 0.29) is 6.10 Å². The average Bonchev–Trinajstić information content (AvgIpc) is 2.64. The molecule has 1 heterocycles. The molecule has 0 aromatic carbocycles. The van der Waals surface area contributed by atoms with Gasteiger partial charge in [0.1, 0.15) is 0 Å². The van der Waals surface area contributed by atoms with Gasteiger partial charge < -0.3 is 15.3 Å². The lowest BCUT2D eigenvalue weighted by Crippen LogP contribution is -2.38. The molecule has 0 radical (unpaired) electrons. The SMILES string of the molecule is CC(C)CNCC(O)CN1CCC(C(C)(C)C)C1. The maximum atomic E-state index is 10.0. The highest BCUT2D eigenvalue weighted by atomic mass is 16.3. The van der Waals surface area contributed by atoms with Gasteiger partial charge in [-0.15, -0.1) is 0 Å². The molecule has 0 spiro atoms. The fraction of sp³-hybridized carbons (Fsp3) is 1.00. The quantitative estimate of drug-likeness (QED) is 0.762. The fourth-order valence-corrected chi connectivity index (χ4v) is 2.61. The molecule has 1 saturated heterocycles. The van der Waals surface area contributed by atoms with Crippen LogP contribution in [0.2, 0.25) is 0 Å². The van der Waals surface area contributed by atoms with Crippen LogP contribution in [-0.4, -0.2) is 48.8 Å². The van der Waals surface area contributed by atoms with Gasteiger partial charge in [-0.2, -0.15) is 0 Å². The Morgan fingerprint density at radius 2 is 1.94 bits per heavy atom. The van der Waals surface area contributed by atoms with Crippen molar-refractivity contribution in [1.29, 1.82) is 0 Å². The van der Waals surface area contributed by atoms with Gasteiger partial charge in [-0.05, 0) is 36.8 Å². The second kappa shape index (κ2) is 6.88. The van der Waals surface area contributed by atoms with Crippen molar-refractivity contribution in [2.75, 3.05) is 32.7 Å². The maximum Gasteiger partial charge on any atom is 0.0791 e. The van der Waals surface area contributed by atoms with Crippen LogP contribution in [0.3, 0.4) is 0 Å². The molecular weight excluding hydrogens is 224 g/mol. The van der Waals surface area contributed by atoms with Crippen molar-refractivity contribution in [3.05, 3.63) is 0 Å². The lowest BCUT2D eigenvalue weighted by molar-refractivity contribution is 0.116. The van der Waals surface area contributed by atoms with Crippen molar-refractivity contribution >= 4 is 0 Å². The van der Waals surface area contributed by atoms with Gasteiger partial charge in [0.2, 0.25) is 0 Å². The Hall–Kier alpha value is -0.120. The lowest BCUT2D eigenvalue weighted by Gasteiger charge is -2.27. The Morgan fingerprint density at radius 1 is 1.28 bits per heavy atom. The zero-order valence-corrected chi connectivity index (χ0v) is 12.9. The standard InChI is InChI=1S/C15H32N2O/c1-12(2)8-16-9-14(18)11-17-7-6-13(10-17)15(3,4)5/h12-14,16,18H,6-11H2,1-5H3. The Labute approximate surface area is 113 Å². The van der Waals surface area contributed by atoms with E-state index in [2.05, 4.69) is 44.8 Å². The van der Waals surface area contributed by atoms with Crippen molar-refractivity contribution in [2.45, 2.75) is 47.1 Å². The van der Waals surface area contributed by atoms with Crippen LogP contribution < -0.4 is 5.32 Å². The molecule has 3 nitrogen and oxygen atoms in total. The second-order valence-electron chi connectivity index (χ2n) is 7.32. The monoisotopic (exact) mass is 256 g/mol. The molecule has 0 aromatic rings. The first-order chi connectivity index (χ1) is 8.29. The second-order valence-corrected chi connectivity index (χ2v) is 7.32. The number of likely N-dealkylation sites (tertiary alicyclic amines) is 1. The molecule has 2 N–H and O–H groups in total. The van der Waals surface area contributed by atoms with E-state index in [1.807, 2.05) is 0 Å². The molecule has 2 atom stereocenters. The van der Waals surface area contributed by atoms with Crippen LogP contribution in [0, 0.1) is 17.3 Å². The minimum Gasteiger partial charge on any atom is -0.390 e. The van der Waals surface area contributed by atoms with E-state index in [9.17, 15) is 5.11 Å². The molecule has 108 valence electrons. The smallest absolute Gasteiger partial charge is 0.0791 e. The Morgan fingerprint density at radius 3 is 2.44 bits per heavy atom. The van der Waals surface area contributed by atoms with E-state index in [4.69, 9.17) is 0 Å². The lowest BCUT2D eigenvalue weighted by atomic mass is 9.80. The van der Waals surface area contributed by atoms with Gasteiger partial charge in [0, 0.05) is 19.6 Å². The van der Waals surface area contributed by atoms with Crippen LogP contribution in [0.4, 0.5) is 0 Å². The highest BCUT2D eigenvalue weighted by Gasteiger charge is 2.32. The first-order valence-corrected chi connectivity index (χ1v) is 7.40. The van der Waals surface area contributed by atoms with Crippen molar-refractivity contribution in [1.82, 2.24) is 10.2 Å². The molecule has 0 amide bonds. The van der Waals surface area contributed by atoms with E-state index in [0.717, 1.165) is 38.6 Å². The Balaban J connectivity index is 2.20. The largest absolute Gasteiger partial charge is 0.390 e. The molecule has 1 aliphatic heterocycles. The summed E-state index contributed by atoms with van der Waals surface area (Å²) in [5.74, 6) is 1.42. The number of hydrogen-bond donors (Lipinski definition) is 2. The van der Waals surface area contributed by atoms with Crippen molar-refractivity contribution in [3.8, 4) is 0 Å². The summed E-state index contributed by atoms with van der Waals surface area (Å²) in [6.07, 6.45) is 1.04. The summed E-state index contributed by atoms with van der Waals surface area (Å²) in [4.78, 5) is 2.41. The van der Waals surface area contributed by atoms with Crippen molar-refractivity contribution in [3.63, 3.8) is 0 Å². The molecule has 1 rings (SSSR count). The molecule has 1 aliphatic rings. The Kier molecular flexibility index (Phi) is 6.09. The third-order valence-electron chi connectivity index (χ3n) is 3.90. The molecule has 0 bridgehead atoms. The number of hydrogen-bond acceptors (Lipinski definition) is 3. The topological polar surface area (TPSA) is 35.5 Å². The van der Waals surface area contributed by atoms with Gasteiger partial charge in [-0.25, -0.2) is 0 Å². The van der Waals surface area contributed by atoms with E-state index in [0.29, 0.717) is 11.3 Å². The zero-order chi connectivity index (χ0) is 13.8. The van der Waals surface area contributed by atoms with Crippen LogP contribution in [-0.2, 0) is 0 Å². The highest BCUT2D eigenvalue weighted by molar-refractivity contribution is 4.84. The highest BCUT2D eigenvalue weighted by Crippen LogP contribution is 2.33. The van der Waals surface area contributed by atoms with Gasteiger partial charge >= 0.3 is 0 Å². The molecule has 18 heavy (non-hydrogen) atoms. The summed E-state index contributed by atoms with van der Waals surface area (Å²) in [5.41, 5.74) is 0.398. The predicted octanol–water partition coefficient (Wildman–Crippen LogP) is 1.96. The normalized spacial score (nSPS) is 23.8. The van der Waals surface area contributed by atoms with Gasteiger partial charge in [0.25, 0.3) is 0 Å².